The van der Waals surface area contributed by atoms with Gasteiger partial charge in [-0.2, -0.15) is 0 Å². The van der Waals surface area contributed by atoms with Crippen LogP contribution in [0.15, 0.2) is 29.3 Å². The van der Waals surface area contributed by atoms with E-state index in [0.717, 1.165) is 44.4 Å². The second-order valence-electron chi connectivity index (χ2n) is 7.78. The van der Waals surface area contributed by atoms with Crippen molar-refractivity contribution in [2.45, 2.75) is 64.1 Å². The summed E-state index contributed by atoms with van der Waals surface area (Å²) < 4.78 is 14.7. The molecule has 2 aliphatic rings. The molecule has 26 heavy (non-hydrogen) atoms. The normalized spacial score (nSPS) is 23.2. The van der Waals surface area contributed by atoms with Gasteiger partial charge in [0.15, 0.2) is 0 Å². The van der Waals surface area contributed by atoms with Crippen molar-refractivity contribution in [3.8, 4) is 0 Å². The molecular weight excluding hydrogens is 333 g/mol. The number of carbonyl (C=O) groups is 1. The van der Waals surface area contributed by atoms with Crippen molar-refractivity contribution in [1.29, 1.82) is 0 Å². The summed E-state index contributed by atoms with van der Waals surface area (Å²) in [7, 11) is 0. The minimum Gasteiger partial charge on any atom is -0.335 e. The lowest BCUT2D eigenvalue weighted by atomic mass is 9.86. The van der Waals surface area contributed by atoms with Gasteiger partial charge in [0, 0.05) is 18.2 Å². The van der Waals surface area contributed by atoms with Crippen LogP contribution < -0.4 is 5.56 Å². The molecule has 138 valence electrons. The van der Waals surface area contributed by atoms with Gasteiger partial charge in [-0.15, -0.1) is 0 Å². The summed E-state index contributed by atoms with van der Waals surface area (Å²) in [6, 6.07) is 4.55. The lowest BCUT2D eigenvalue weighted by molar-refractivity contribution is -0.135. The number of benzene rings is 1. The maximum atomic E-state index is 13.3. The molecule has 0 unspecified atom stereocenters. The molecule has 2 aliphatic carbocycles. The minimum atomic E-state index is -0.426. The fraction of sp³-hybridized carbons (Fsp3) is 0.550. The maximum Gasteiger partial charge on any atom is 0.261 e. The molecule has 1 heterocycles. The van der Waals surface area contributed by atoms with Crippen molar-refractivity contribution in [2.75, 3.05) is 0 Å². The van der Waals surface area contributed by atoms with Crippen molar-refractivity contribution >= 4 is 16.8 Å². The number of amides is 1. The van der Waals surface area contributed by atoms with Crippen molar-refractivity contribution < 1.29 is 9.18 Å². The van der Waals surface area contributed by atoms with Gasteiger partial charge in [0.1, 0.15) is 12.4 Å². The first-order valence-electron chi connectivity index (χ1n) is 9.49. The molecule has 0 bridgehead atoms. The van der Waals surface area contributed by atoms with Crippen LogP contribution >= 0.6 is 0 Å². The number of halogens is 1. The van der Waals surface area contributed by atoms with Gasteiger partial charge in [-0.3, -0.25) is 14.2 Å². The Morgan fingerprint density at radius 1 is 1.19 bits per heavy atom. The van der Waals surface area contributed by atoms with Crippen LogP contribution in [0.5, 0.6) is 0 Å². The Labute approximate surface area is 151 Å². The first kappa shape index (κ1) is 17.2. The van der Waals surface area contributed by atoms with Crippen molar-refractivity contribution in [2.24, 2.45) is 5.92 Å². The summed E-state index contributed by atoms with van der Waals surface area (Å²) in [4.78, 5) is 31.8. The van der Waals surface area contributed by atoms with Gasteiger partial charge < -0.3 is 4.90 Å². The molecule has 6 heteroatoms. The van der Waals surface area contributed by atoms with E-state index in [4.69, 9.17) is 0 Å². The van der Waals surface area contributed by atoms with Crippen LogP contribution in [0.3, 0.4) is 0 Å². The molecule has 0 aliphatic heterocycles. The molecule has 1 aromatic heterocycles. The van der Waals surface area contributed by atoms with Gasteiger partial charge in [-0.25, -0.2) is 9.37 Å². The standard InChI is InChI=1S/C20H24FN3O2/c1-13-2-5-15(6-3-13)24(16-7-8-16)19(25)11-23-12-22-18-10-14(21)4-9-17(18)20(23)26/h4,9-10,12-13,15-16H,2-3,5-8,11H2,1H3. The first-order valence-corrected chi connectivity index (χ1v) is 9.49. The number of fused-ring (bicyclic) bond motifs is 1. The third kappa shape index (κ3) is 3.37. The molecule has 0 saturated heterocycles. The SMILES string of the molecule is CC1CCC(N(C(=O)Cn2cnc3cc(F)ccc3c2=O)C2CC2)CC1. The Morgan fingerprint density at radius 2 is 1.85 bits per heavy atom. The molecule has 2 fully saturated rings. The van der Waals surface area contributed by atoms with Crippen molar-refractivity contribution in [3.63, 3.8) is 0 Å². The Kier molecular flexibility index (Phi) is 4.51. The zero-order valence-electron chi connectivity index (χ0n) is 15.0. The second-order valence-corrected chi connectivity index (χ2v) is 7.78. The Hall–Kier alpha value is -2.24. The minimum absolute atomic E-state index is 0.00169. The lowest BCUT2D eigenvalue weighted by Gasteiger charge is -2.36. The van der Waals surface area contributed by atoms with Crippen LogP contribution in [0.2, 0.25) is 0 Å². The number of aromatic nitrogens is 2. The van der Waals surface area contributed by atoms with Gasteiger partial charge in [0.2, 0.25) is 5.91 Å². The van der Waals surface area contributed by atoms with Crippen LogP contribution in [-0.4, -0.2) is 32.4 Å². The second kappa shape index (κ2) is 6.82. The van der Waals surface area contributed by atoms with Crippen LogP contribution in [0.4, 0.5) is 4.39 Å². The van der Waals surface area contributed by atoms with Gasteiger partial charge >= 0.3 is 0 Å². The Bertz CT molecular complexity index is 882. The zero-order valence-corrected chi connectivity index (χ0v) is 15.0. The predicted molar refractivity (Wildman–Crippen MR) is 97.2 cm³/mol. The van der Waals surface area contributed by atoms with Gasteiger partial charge in [0.25, 0.3) is 5.56 Å². The molecule has 4 rings (SSSR count). The van der Waals surface area contributed by atoms with E-state index in [1.165, 1.54) is 29.1 Å². The maximum absolute atomic E-state index is 13.3. The predicted octanol–water partition coefficient (Wildman–Crippen LogP) is 3.11. The van der Waals surface area contributed by atoms with E-state index in [9.17, 15) is 14.0 Å². The number of nitrogens with zero attached hydrogens (tertiary/aromatic N) is 3. The third-order valence-electron chi connectivity index (χ3n) is 5.70. The highest BCUT2D eigenvalue weighted by Crippen LogP contribution is 2.35. The van der Waals surface area contributed by atoms with E-state index in [-0.39, 0.29) is 18.0 Å². The summed E-state index contributed by atoms with van der Waals surface area (Å²) in [5.74, 6) is 0.303. The topological polar surface area (TPSA) is 55.2 Å². The molecule has 0 N–H and O–H groups in total. The van der Waals surface area contributed by atoms with E-state index < -0.39 is 5.82 Å². The number of rotatable bonds is 4. The summed E-state index contributed by atoms with van der Waals surface area (Å²) in [5.41, 5.74) is 0.0235. The Balaban J connectivity index is 1.56. The van der Waals surface area contributed by atoms with Crippen LogP contribution in [0, 0.1) is 11.7 Å². The number of carbonyl (C=O) groups excluding carboxylic acids is 1. The highest BCUT2D eigenvalue weighted by atomic mass is 19.1. The van der Waals surface area contributed by atoms with E-state index in [1.54, 1.807) is 0 Å². The molecule has 2 aromatic rings. The fourth-order valence-electron chi connectivity index (χ4n) is 4.05. The molecular formula is C20H24FN3O2. The third-order valence-corrected chi connectivity index (χ3v) is 5.70. The molecule has 0 spiro atoms. The highest BCUT2D eigenvalue weighted by Gasteiger charge is 2.38. The van der Waals surface area contributed by atoms with E-state index in [0.29, 0.717) is 23.0 Å². The van der Waals surface area contributed by atoms with Gasteiger partial charge in [-0.1, -0.05) is 6.92 Å². The monoisotopic (exact) mass is 357 g/mol. The largest absolute Gasteiger partial charge is 0.335 e. The summed E-state index contributed by atoms with van der Waals surface area (Å²) >= 11 is 0. The zero-order chi connectivity index (χ0) is 18.3. The lowest BCUT2D eigenvalue weighted by Crippen LogP contribution is -2.46. The van der Waals surface area contributed by atoms with Crippen LogP contribution in [-0.2, 0) is 11.3 Å². The number of hydrogen-bond acceptors (Lipinski definition) is 3. The van der Waals surface area contributed by atoms with Crippen LogP contribution in [0.25, 0.3) is 10.9 Å². The summed E-state index contributed by atoms with van der Waals surface area (Å²) in [6.07, 6.45) is 7.88. The summed E-state index contributed by atoms with van der Waals surface area (Å²) in [5, 5.41) is 0.339. The van der Waals surface area contributed by atoms with Crippen molar-refractivity contribution in [1.82, 2.24) is 14.5 Å². The quantitative estimate of drug-likeness (QED) is 0.845. The smallest absolute Gasteiger partial charge is 0.261 e. The average Bonchev–Trinajstić information content (AvgIpc) is 3.44. The molecule has 0 atom stereocenters. The Morgan fingerprint density at radius 3 is 2.50 bits per heavy atom. The highest BCUT2D eigenvalue weighted by molar-refractivity contribution is 5.79. The molecule has 5 nitrogen and oxygen atoms in total. The fourth-order valence-corrected chi connectivity index (χ4v) is 4.05. The van der Waals surface area contributed by atoms with Crippen LogP contribution in [0.1, 0.15) is 45.4 Å². The first-order chi connectivity index (χ1) is 12.5. The molecule has 1 amide bonds. The average molecular weight is 357 g/mol. The molecule has 0 radical (unpaired) electrons. The van der Waals surface area contributed by atoms with Gasteiger partial charge in [-0.05, 0) is 56.6 Å². The summed E-state index contributed by atoms with van der Waals surface area (Å²) in [6.45, 7) is 2.27. The van der Waals surface area contributed by atoms with Gasteiger partial charge in [0.05, 0.1) is 17.2 Å². The molecule has 2 saturated carbocycles. The molecule has 1 aromatic carbocycles. The number of hydrogen-bond donors (Lipinski definition) is 0. The van der Waals surface area contributed by atoms with E-state index >= 15 is 0 Å². The van der Waals surface area contributed by atoms with Crippen molar-refractivity contribution in [3.05, 3.63) is 40.7 Å². The van der Waals surface area contributed by atoms with E-state index in [1.807, 2.05) is 4.90 Å². The van der Waals surface area contributed by atoms with E-state index in [2.05, 4.69) is 11.9 Å².